The Morgan fingerprint density at radius 2 is 1.81 bits per heavy atom. The van der Waals surface area contributed by atoms with Gasteiger partial charge < -0.3 is 10.1 Å². The van der Waals surface area contributed by atoms with Crippen LogP contribution in [0.5, 0.6) is 5.75 Å². The lowest BCUT2D eigenvalue weighted by atomic mass is 10.2. The molecule has 2 aromatic carbocycles. The zero-order chi connectivity index (χ0) is 22.6. The van der Waals surface area contributed by atoms with Gasteiger partial charge in [-0.1, -0.05) is 24.4 Å². The largest absolute Gasteiger partial charge is 0.495 e. The van der Waals surface area contributed by atoms with Crippen LogP contribution in [0, 0.1) is 10.1 Å². The highest BCUT2D eigenvalue weighted by atomic mass is 35.5. The monoisotopic (exact) mass is 467 g/mol. The number of nitrogens with zero attached hydrogens (tertiary/aromatic N) is 2. The van der Waals surface area contributed by atoms with E-state index < -0.39 is 20.9 Å². The molecule has 0 aromatic heterocycles. The third-order valence-corrected chi connectivity index (χ3v) is 7.25. The number of methoxy groups -OCH3 is 1. The molecule has 0 saturated carbocycles. The number of carbonyl (C=O) groups is 1. The Kier molecular flexibility index (Phi) is 7.14. The number of halogens is 1. The number of hydrogen-bond donors (Lipinski definition) is 1. The number of hydrogen-bond acceptors (Lipinski definition) is 6. The number of non-ortho nitro benzene ring substituents is 1. The zero-order valence-electron chi connectivity index (χ0n) is 16.8. The summed E-state index contributed by atoms with van der Waals surface area (Å²) in [5, 5.41) is 13.6. The van der Waals surface area contributed by atoms with Gasteiger partial charge in [-0.2, -0.15) is 4.31 Å². The highest BCUT2D eigenvalue weighted by Gasteiger charge is 2.27. The fraction of sp³-hybridized carbons (Fsp3) is 0.350. The standard InChI is InChI=1S/C20H22ClN3O6S/c1-30-19-9-6-14(24(26)27)12-18(19)22-20(25)16-13-15(7-8-17(16)21)31(28,29)23-10-4-2-3-5-11-23/h6-9,12-13H,2-5,10-11H2,1H3,(H,22,25). The van der Waals surface area contributed by atoms with Crippen LogP contribution in [0.1, 0.15) is 36.0 Å². The summed E-state index contributed by atoms with van der Waals surface area (Å²) in [4.78, 5) is 23.3. The van der Waals surface area contributed by atoms with Crippen molar-refractivity contribution in [3.63, 3.8) is 0 Å². The molecular formula is C20H22ClN3O6S. The zero-order valence-corrected chi connectivity index (χ0v) is 18.4. The first-order valence-corrected chi connectivity index (χ1v) is 11.5. The molecule has 2 aromatic rings. The third kappa shape index (κ3) is 5.15. The summed E-state index contributed by atoms with van der Waals surface area (Å²) in [6, 6.07) is 7.70. The van der Waals surface area contributed by atoms with E-state index in [-0.39, 0.29) is 32.6 Å². The molecule has 9 nitrogen and oxygen atoms in total. The molecule has 0 spiro atoms. The van der Waals surface area contributed by atoms with Gasteiger partial charge in [0.1, 0.15) is 5.75 Å². The summed E-state index contributed by atoms with van der Waals surface area (Å²) >= 11 is 6.17. The van der Waals surface area contributed by atoms with E-state index in [1.165, 1.54) is 41.7 Å². The SMILES string of the molecule is COc1ccc([N+](=O)[O-])cc1NC(=O)c1cc(S(=O)(=O)N2CCCCCC2)ccc1Cl. The van der Waals surface area contributed by atoms with Crippen LogP contribution >= 0.6 is 11.6 Å². The van der Waals surface area contributed by atoms with Crippen LogP contribution < -0.4 is 10.1 Å². The van der Waals surface area contributed by atoms with E-state index in [0.29, 0.717) is 13.1 Å². The molecule has 1 heterocycles. The van der Waals surface area contributed by atoms with Gasteiger partial charge >= 0.3 is 0 Å². The Balaban J connectivity index is 1.92. The first kappa shape index (κ1) is 23.0. The van der Waals surface area contributed by atoms with Gasteiger partial charge in [0.25, 0.3) is 11.6 Å². The van der Waals surface area contributed by atoms with Crippen molar-refractivity contribution < 1.29 is 22.9 Å². The van der Waals surface area contributed by atoms with Gasteiger partial charge in [-0.15, -0.1) is 0 Å². The molecule has 1 amide bonds. The molecule has 31 heavy (non-hydrogen) atoms. The smallest absolute Gasteiger partial charge is 0.271 e. The normalized spacial score (nSPS) is 15.2. The minimum Gasteiger partial charge on any atom is -0.495 e. The highest BCUT2D eigenvalue weighted by Crippen LogP contribution is 2.31. The Labute approximate surface area is 185 Å². The third-order valence-electron chi connectivity index (χ3n) is 5.03. The van der Waals surface area contributed by atoms with E-state index in [1.807, 2.05) is 0 Å². The Morgan fingerprint density at radius 1 is 1.13 bits per heavy atom. The maximum absolute atomic E-state index is 13.1. The fourth-order valence-electron chi connectivity index (χ4n) is 3.37. The van der Waals surface area contributed by atoms with Gasteiger partial charge in [0.05, 0.1) is 33.2 Å². The number of sulfonamides is 1. The van der Waals surface area contributed by atoms with Gasteiger partial charge in [-0.25, -0.2) is 8.42 Å². The van der Waals surface area contributed by atoms with Crippen molar-refractivity contribution in [2.45, 2.75) is 30.6 Å². The average molecular weight is 468 g/mol. The number of benzene rings is 2. The van der Waals surface area contributed by atoms with Crippen molar-refractivity contribution in [1.82, 2.24) is 4.31 Å². The maximum Gasteiger partial charge on any atom is 0.271 e. The van der Waals surface area contributed by atoms with E-state index >= 15 is 0 Å². The van der Waals surface area contributed by atoms with E-state index in [2.05, 4.69) is 5.32 Å². The Hall–Kier alpha value is -2.69. The molecule has 166 valence electrons. The number of nitro benzene ring substituents is 1. The topological polar surface area (TPSA) is 119 Å². The van der Waals surface area contributed by atoms with Gasteiger partial charge in [0.15, 0.2) is 0 Å². The number of carbonyl (C=O) groups excluding carboxylic acids is 1. The number of nitro groups is 1. The second-order valence-corrected chi connectivity index (χ2v) is 9.40. The molecule has 1 N–H and O–H groups in total. The van der Waals surface area contributed by atoms with E-state index in [9.17, 15) is 23.3 Å². The van der Waals surface area contributed by atoms with Crippen LogP contribution in [-0.2, 0) is 10.0 Å². The average Bonchev–Trinajstić information content (AvgIpc) is 3.04. The van der Waals surface area contributed by atoms with Gasteiger partial charge in [0.2, 0.25) is 10.0 Å². The van der Waals surface area contributed by atoms with E-state index in [1.54, 1.807) is 0 Å². The molecule has 3 rings (SSSR count). The summed E-state index contributed by atoms with van der Waals surface area (Å²) in [5.41, 5.74) is -0.232. The number of rotatable bonds is 6. The minimum atomic E-state index is -3.78. The van der Waals surface area contributed by atoms with E-state index in [4.69, 9.17) is 16.3 Å². The van der Waals surface area contributed by atoms with Crippen LogP contribution in [0.4, 0.5) is 11.4 Å². The molecule has 11 heteroatoms. The molecule has 1 fully saturated rings. The highest BCUT2D eigenvalue weighted by molar-refractivity contribution is 7.89. The van der Waals surface area contributed by atoms with Crippen molar-refractivity contribution in [2.24, 2.45) is 0 Å². The quantitative estimate of drug-likeness (QED) is 0.505. The van der Waals surface area contributed by atoms with Crippen molar-refractivity contribution in [3.8, 4) is 5.75 Å². The maximum atomic E-state index is 13.1. The van der Waals surface area contributed by atoms with Crippen molar-refractivity contribution in [3.05, 3.63) is 57.1 Å². The first-order chi connectivity index (χ1) is 14.7. The summed E-state index contributed by atoms with van der Waals surface area (Å²) < 4.78 is 32.7. The summed E-state index contributed by atoms with van der Waals surface area (Å²) in [7, 11) is -2.42. The van der Waals surface area contributed by atoms with Gasteiger partial charge in [0, 0.05) is 25.2 Å². The summed E-state index contributed by atoms with van der Waals surface area (Å²) in [6.45, 7) is 0.856. The molecule has 0 bridgehead atoms. The molecule has 0 aliphatic carbocycles. The molecule has 0 unspecified atom stereocenters. The number of nitrogens with one attached hydrogen (secondary N) is 1. The number of anilines is 1. The van der Waals surface area contributed by atoms with Crippen molar-refractivity contribution in [2.75, 3.05) is 25.5 Å². The summed E-state index contributed by atoms with van der Waals surface area (Å²) in [5.74, 6) is -0.500. The lowest BCUT2D eigenvalue weighted by Gasteiger charge is -2.20. The number of ether oxygens (including phenoxy) is 1. The van der Waals surface area contributed by atoms with Gasteiger partial charge in [-0.3, -0.25) is 14.9 Å². The Bertz CT molecular complexity index is 1100. The first-order valence-electron chi connectivity index (χ1n) is 9.67. The fourth-order valence-corrected chi connectivity index (χ4v) is 5.11. The molecule has 1 saturated heterocycles. The Morgan fingerprint density at radius 3 is 2.42 bits per heavy atom. The van der Waals surface area contributed by atoms with E-state index in [0.717, 1.165) is 31.7 Å². The van der Waals surface area contributed by atoms with Crippen LogP contribution in [0.3, 0.4) is 0 Å². The molecular weight excluding hydrogens is 446 g/mol. The predicted octanol–water partition coefficient (Wildman–Crippen LogP) is 4.07. The predicted molar refractivity (Wildman–Crippen MR) is 116 cm³/mol. The number of amides is 1. The van der Waals surface area contributed by atoms with Crippen LogP contribution in [-0.4, -0.2) is 43.8 Å². The van der Waals surface area contributed by atoms with Crippen LogP contribution in [0.25, 0.3) is 0 Å². The second kappa shape index (κ2) is 9.63. The van der Waals surface area contributed by atoms with Gasteiger partial charge in [-0.05, 0) is 37.1 Å². The minimum absolute atomic E-state index is 0.0324. The molecule has 0 atom stereocenters. The van der Waals surface area contributed by atoms with Crippen molar-refractivity contribution >= 4 is 38.9 Å². The lowest BCUT2D eigenvalue weighted by Crippen LogP contribution is -2.32. The van der Waals surface area contributed by atoms with Crippen molar-refractivity contribution in [1.29, 1.82) is 0 Å². The molecule has 1 aliphatic rings. The molecule has 1 aliphatic heterocycles. The lowest BCUT2D eigenvalue weighted by molar-refractivity contribution is -0.384. The van der Waals surface area contributed by atoms with Crippen LogP contribution in [0.2, 0.25) is 5.02 Å². The summed E-state index contributed by atoms with van der Waals surface area (Å²) in [6.07, 6.45) is 3.52. The molecule has 0 radical (unpaired) electrons. The van der Waals surface area contributed by atoms with Crippen LogP contribution in [0.15, 0.2) is 41.3 Å². The second-order valence-electron chi connectivity index (χ2n) is 7.06.